The molecule has 1 unspecified atom stereocenters. The van der Waals surface area contributed by atoms with Crippen molar-refractivity contribution >= 4 is 35.8 Å². The van der Waals surface area contributed by atoms with Crippen LogP contribution in [0.1, 0.15) is 53.4 Å². The van der Waals surface area contributed by atoms with Gasteiger partial charge in [-0.15, -0.1) is 24.0 Å². The molecule has 0 bridgehead atoms. The van der Waals surface area contributed by atoms with Crippen LogP contribution in [0.2, 0.25) is 0 Å². The Kier molecular flexibility index (Phi) is 15.6. The standard InChI is InChI=1S/C15H32N4O.HI/c1-6-7-8-9-13(4)19-15(16-5)18-11-10-17-14(20)12(2)3;/h12-13H,6-11H2,1-5H3,(H,17,20)(H2,16,18,19);1H. The maximum atomic E-state index is 11.4. The second kappa shape index (κ2) is 14.4. The summed E-state index contributed by atoms with van der Waals surface area (Å²) < 4.78 is 0. The average Bonchev–Trinajstić information content (AvgIpc) is 2.41. The number of amides is 1. The maximum absolute atomic E-state index is 11.4. The molecular formula is C15H33IN4O. The van der Waals surface area contributed by atoms with Gasteiger partial charge in [-0.1, -0.05) is 40.0 Å². The molecule has 0 aromatic rings. The average molecular weight is 412 g/mol. The van der Waals surface area contributed by atoms with Crippen molar-refractivity contribution in [2.45, 2.75) is 59.4 Å². The molecule has 1 amide bonds. The molecule has 0 aliphatic heterocycles. The number of carbonyl (C=O) groups excluding carboxylic acids is 1. The highest BCUT2D eigenvalue weighted by atomic mass is 127. The summed E-state index contributed by atoms with van der Waals surface area (Å²) >= 11 is 0. The van der Waals surface area contributed by atoms with Gasteiger partial charge >= 0.3 is 0 Å². The number of nitrogens with zero attached hydrogens (tertiary/aromatic N) is 1. The molecule has 3 N–H and O–H groups in total. The maximum Gasteiger partial charge on any atom is 0.222 e. The lowest BCUT2D eigenvalue weighted by Crippen LogP contribution is -2.45. The lowest BCUT2D eigenvalue weighted by Gasteiger charge is -2.18. The Morgan fingerprint density at radius 3 is 2.24 bits per heavy atom. The number of hydrogen-bond donors (Lipinski definition) is 3. The molecular weight excluding hydrogens is 379 g/mol. The van der Waals surface area contributed by atoms with Crippen LogP contribution in [-0.2, 0) is 4.79 Å². The van der Waals surface area contributed by atoms with E-state index in [0.717, 1.165) is 12.4 Å². The third-order valence-electron chi connectivity index (χ3n) is 3.09. The van der Waals surface area contributed by atoms with E-state index in [1.807, 2.05) is 13.8 Å². The van der Waals surface area contributed by atoms with Crippen molar-refractivity contribution in [3.05, 3.63) is 0 Å². The highest BCUT2D eigenvalue weighted by molar-refractivity contribution is 14.0. The van der Waals surface area contributed by atoms with E-state index in [-0.39, 0.29) is 35.8 Å². The number of guanidine groups is 1. The molecule has 0 aromatic carbocycles. The van der Waals surface area contributed by atoms with Crippen LogP contribution in [0, 0.1) is 5.92 Å². The summed E-state index contributed by atoms with van der Waals surface area (Å²) in [6, 6.07) is 0.415. The molecule has 0 heterocycles. The molecule has 6 heteroatoms. The first kappa shape index (κ1) is 22.7. The zero-order valence-corrected chi connectivity index (χ0v) is 16.5. The first-order chi connectivity index (χ1) is 9.51. The van der Waals surface area contributed by atoms with Crippen LogP contribution < -0.4 is 16.0 Å². The summed E-state index contributed by atoms with van der Waals surface area (Å²) in [6.45, 7) is 9.46. The van der Waals surface area contributed by atoms with E-state index in [1.54, 1.807) is 7.05 Å². The van der Waals surface area contributed by atoms with E-state index in [4.69, 9.17) is 0 Å². The van der Waals surface area contributed by atoms with E-state index in [1.165, 1.54) is 19.3 Å². The van der Waals surface area contributed by atoms with Crippen molar-refractivity contribution < 1.29 is 4.79 Å². The zero-order valence-electron chi connectivity index (χ0n) is 14.2. The minimum absolute atomic E-state index is 0. The normalized spacial score (nSPS) is 12.6. The van der Waals surface area contributed by atoms with Crippen LogP contribution in [0.5, 0.6) is 0 Å². The fraction of sp³-hybridized carbons (Fsp3) is 0.867. The first-order valence-electron chi connectivity index (χ1n) is 7.76. The van der Waals surface area contributed by atoms with Crippen molar-refractivity contribution in [3.8, 4) is 0 Å². The third kappa shape index (κ3) is 12.9. The Hall–Kier alpha value is -0.530. The summed E-state index contributed by atoms with van der Waals surface area (Å²) in [7, 11) is 1.76. The monoisotopic (exact) mass is 412 g/mol. The summed E-state index contributed by atoms with van der Waals surface area (Å²) in [4.78, 5) is 15.6. The summed E-state index contributed by atoms with van der Waals surface area (Å²) in [5, 5.41) is 9.44. The lowest BCUT2D eigenvalue weighted by molar-refractivity contribution is -0.123. The van der Waals surface area contributed by atoms with E-state index >= 15 is 0 Å². The van der Waals surface area contributed by atoms with Crippen molar-refractivity contribution in [3.63, 3.8) is 0 Å². The molecule has 0 saturated heterocycles. The van der Waals surface area contributed by atoms with Crippen LogP contribution in [-0.4, -0.2) is 38.0 Å². The molecule has 0 spiro atoms. The number of unbranched alkanes of at least 4 members (excludes halogenated alkanes) is 2. The number of carbonyl (C=O) groups is 1. The van der Waals surface area contributed by atoms with Gasteiger partial charge in [-0.05, 0) is 13.3 Å². The summed E-state index contributed by atoms with van der Waals surface area (Å²) in [5.74, 6) is 0.918. The molecule has 126 valence electrons. The molecule has 0 saturated carbocycles. The van der Waals surface area contributed by atoms with Gasteiger partial charge in [-0.3, -0.25) is 9.79 Å². The van der Waals surface area contributed by atoms with Crippen LogP contribution in [0.25, 0.3) is 0 Å². The number of halogens is 1. The van der Waals surface area contributed by atoms with Gasteiger partial charge in [-0.25, -0.2) is 0 Å². The smallest absolute Gasteiger partial charge is 0.222 e. The topological polar surface area (TPSA) is 65.5 Å². The fourth-order valence-electron chi connectivity index (χ4n) is 1.77. The Labute approximate surface area is 147 Å². The molecule has 5 nitrogen and oxygen atoms in total. The fourth-order valence-corrected chi connectivity index (χ4v) is 1.77. The summed E-state index contributed by atoms with van der Waals surface area (Å²) in [5.41, 5.74) is 0. The number of aliphatic imine (C=N–C) groups is 1. The van der Waals surface area contributed by atoms with E-state index < -0.39 is 0 Å². The van der Waals surface area contributed by atoms with Crippen molar-refractivity contribution in [1.29, 1.82) is 0 Å². The van der Waals surface area contributed by atoms with Gasteiger partial charge in [0, 0.05) is 32.1 Å². The van der Waals surface area contributed by atoms with Crippen LogP contribution in [0.15, 0.2) is 4.99 Å². The van der Waals surface area contributed by atoms with Gasteiger partial charge in [0.15, 0.2) is 5.96 Å². The van der Waals surface area contributed by atoms with E-state index in [0.29, 0.717) is 19.1 Å². The molecule has 0 aliphatic rings. The second-order valence-corrected chi connectivity index (χ2v) is 5.49. The van der Waals surface area contributed by atoms with Gasteiger partial charge in [0.25, 0.3) is 0 Å². The Morgan fingerprint density at radius 2 is 1.71 bits per heavy atom. The van der Waals surface area contributed by atoms with E-state index in [9.17, 15) is 4.79 Å². The minimum atomic E-state index is 0. The molecule has 0 radical (unpaired) electrons. The van der Waals surface area contributed by atoms with Crippen LogP contribution in [0.4, 0.5) is 0 Å². The molecule has 0 aliphatic carbocycles. The predicted octanol–water partition coefficient (Wildman–Crippen LogP) is 2.51. The van der Waals surface area contributed by atoms with Gasteiger partial charge < -0.3 is 16.0 Å². The van der Waals surface area contributed by atoms with Crippen molar-refractivity contribution in [2.75, 3.05) is 20.1 Å². The minimum Gasteiger partial charge on any atom is -0.355 e. The molecule has 0 fully saturated rings. The highest BCUT2D eigenvalue weighted by Crippen LogP contribution is 2.02. The highest BCUT2D eigenvalue weighted by Gasteiger charge is 2.06. The predicted molar refractivity (Wildman–Crippen MR) is 101 cm³/mol. The lowest BCUT2D eigenvalue weighted by atomic mass is 10.1. The SMILES string of the molecule is CCCCCC(C)NC(=NC)NCCNC(=O)C(C)C.I. The first-order valence-corrected chi connectivity index (χ1v) is 7.76. The van der Waals surface area contributed by atoms with Gasteiger partial charge in [0.1, 0.15) is 0 Å². The van der Waals surface area contributed by atoms with Gasteiger partial charge in [0.05, 0.1) is 0 Å². The molecule has 21 heavy (non-hydrogen) atoms. The molecule has 0 aromatic heterocycles. The zero-order chi connectivity index (χ0) is 15.4. The van der Waals surface area contributed by atoms with Crippen molar-refractivity contribution in [2.24, 2.45) is 10.9 Å². The quantitative estimate of drug-likeness (QED) is 0.236. The number of nitrogens with one attached hydrogen (secondary N) is 3. The number of rotatable bonds is 9. The Balaban J connectivity index is 0. The third-order valence-corrected chi connectivity index (χ3v) is 3.09. The van der Waals surface area contributed by atoms with E-state index in [2.05, 4.69) is 34.8 Å². The molecule has 1 atom stereocenters. The summed E-state index contributed by atoms with van der Waals surface area (Å²) in [6.07, 6.45) is 4.92. The van der Waals surface area contributed by atoms with Crippen LogP contribution in [0.3, 0.4) is 0 Å². The van der Waals surface area contributed by atoms with Gasteiger partial charge in [0.2, 0.25) is 5.91 Å². The number of hydrogen-bond acceptors (Lipinski definition) is 2. The van der Waals surface area contributed by atoms with Gasteiger partial charge in [-0.2, -0.15) is 0 Å². The van der Waals surface area contributed by atoms with Crippen molar-refractivity contribution in [1.82, 2.24) is 16.0 Å². The second-order valence-electron chi connectivity index (χ2n) is 5.49. The molecule has 0 rings (SSSR count). The largest absolute Gasteiger partial charge is 0.355 e. The Morgan fingerprint density at radius 1 is 1.10 bits per heavy atom. The van der Waals surface area contributed by atoms with Crippen LogP contribution >= 0.6 is 24.0 Å². The Bertz CT molecular complexity index is 295.